The van der Waals surface area contributed by atoms with E-state index in [-0.39, 0.29) is 24.3 Å². The molecule has 0 saturated carbocycles. The van der Waals surface area contributed by atoms with Gasteiger partial charge in [0.15, 0.2) is 0 Å². The molecule has 2 heterocycles. The summed E-state index contributed by atoms with van der Waals surface area (Å²) in [5.74, 6) is -0.161. The van der Waals surface area contributed by atoms with Gasteiger partial charge < -0.3 is 14.7 Å². The van der Waals surface area contributed by atoms with Gasteiger partial charge in [-0.15, -0.1) is 0 Å². The summed E-state index contributed by atoms with van der Waals surface area (Å²) in [6.07, 6.45) is -0.174. The van der Waals surface area contributed by atoms with E-state index in [2.05, 4.69) is 4.98 Å². The number of benzene rings is 1. The quantitative estimate of drug-likeness (QED) is 0.939. The summed E-state index contributed by atoms with van der Waals surface area (Å²) in [4.78, 5) is 18.7. The van der Waals surface area contributed by atoms with Gasteiger partial charge >= 0.3 is 0 Å². The largest absolute Gasteiger partial charge is 0.481 e. The molecule has 1 aliphatic heterocycles. The van der Waals surface area contributed by atoms with Crippen molar-refractivity contribution in [2.45, 2.75) is 25.5 Å². The van der Waals surface area contributed by atoms with Crippen molar-refractivity contribution in [2.24, 2.45) is 0 Å². The average molecular weight is 330 g/mol. The van der Waals surface area contributed by atoms with Gasteiger partial charge in [-0.25, -0.2) is 9.37 Å². The van der Waals surface area contributed by atoms with Gasteiger partial charge in [0.1, 0.15) is 5.82 Å². The highest BCUT2D eigenvalue weighted by atomic mass is 19.1. The van der Waals surface area contributed by atoms with Gasteiger partial charge in [0, 0.05) is 23.9 Å². The molecule has 1 fully saturated rings. The van der Waals surface area contributed by atoms with Crippen LogP contribution in [0.15, 0.2) is 36.4 Å². The Bertz CT molecular complexity index is 748. The van der Waals surface area contributed by atoms with Gasteiger partial charge in [-0.3, -0.25) is 4.79 Å². The number of aromatic nitrogens is 1. The van der Waals surface area contributed by atoms with Gasteiger partial charge in [-0.1, -0.05) is 12.1 Å². The van der Waals surface area contributed by atoms with E-state index < -0.39 is 6.10 Å². The zero-order chi connectivity index (χ0) is 17.3. The highest BCUT2D eigenvalue weighted by Crippen LogP contribution is 2.33. The number of methoxy groups -OCH3 is 1. The van der Waals surface area contributed by atoms with Crippen molar-refractivity contribution in [1.82, 2.24) is 9.88 Å². The molecular weight excluding hydrogens is 311 g/mol. The van der Waals surface area contributed by atoms with Crippen LogP contribution in [0.4, 0.5) is 4.39 Å². The number of aliphatic hydroxyl groups is 1. The van der Waals surface area contributed by atoms with Crippen LogP contribution in [0, 0.1) is 12.7 Å². The minimum Gasteiger partial charge on any atom is -0.481 e. The first-order valence-electron chi connectivity index (χ1n) is 7.75. The number of β-amino-alcohol motifs (C(OH)–C–C–N with tert-alkyl or cyclic N) is 1. The zero-order valence-electron chi connectivity index (χ0n) is 13.6. The lowest BCUT2D eigenvalue weighted by Crippen LogP contribution is -2.32. The molecule has 6 heteroatoms. The van der Waals surface area contributed by atoms with Gasteiger partial charge in [0.2, 0.25) is 5.88 Å². The summed E-state index contributed by atoms with van der Waals surface area (Å²) >= 11 is 0. The van der Waals surface area contributed by atoms with Crippen LogP contribution in [0.1, 0.15) is 34.1 Å². The molecule has 2 atom stereocenters. The molecule has 1 saturated heterocycles. The fourth-order valence-electron chi connectivity index (χ4n) is 3.07. The summed E-state index contributed by atoms with van der Waals surface area (Å²) in [6, 6.07) is 9.02. The van der Waals surface area contributed by atoms with E-state index in [9.17, 15) is 14.3 Å². The Kier molecular flexibility index (Phi) is 4.49. The molecule has 0 spiro atoms. The normalized spacial score (nSPS) is 20.2. The molecule has 1 aliphatic rings. The third-order valence-corrected chi connectivity index (χ3v) is 4.18. The Balaban J connectivity index is 1.92. The first kappa shape index (κ1) is 16.4. The Morgan fingerprint density at radius 3 is 2.71 bits per heavy atom. The summed E-state index contributed by atoms with van der Waals surface area (Å²) in [6.45, 7) is 2.03. The SMILES string of the molecule is COc1cc(C(=O)N2CC(O)CC2c2ccc(F)cc2)cc(C)n1. The van der Waals surface area contributed by atoms with E-state index in [1.165, 1.54) is 19.2 Å². The van der Waals surface area contributed by atoms with Crippen molar-refractivity contribution >= 4 is 5.91 Å². The third-order valence-electron chi connectivity index (χ3n) is 4.18. The van der Waals surface area contributed by atoms with Crippen molar-refractivity contribution in [1.29, 1.82) is 0 Å². The maximum atomic E-state index is 13.1. The van der Waals surface area contributed by atoms with Crippen molar-refractivity contribution < 1.29 is 19.0 Å². The van der Waals surface area contributed by atoms with Gasteiger partial charge in [0.05, 0.1) is 19.3 Å². The summed E-state index contributed by atoms with van der Waals surface area (Å²) in [5.41, 5.74) is 1.94. The molecule has 0 radical (unpaired) electrons. The smallest absolute Gasteiger partial charge is 0.254 e. The molecule has 1 amide bonds. The predicted molar refractivity (Wildman–Crippen MR) is 86.3 cm³/mol. The molecule has 5 nitrogen and oxygen atoms in total. The number of ether oxygens (including phenoxy) is 1. The summed E-state index contributed by atoms with van der Waals surface area (Å²) in [7, 11) is 1.50. The molecule has 2 aromatic rings. The second-order valence-corrected chi connectivity index (χ2v) is 5.95. The number of carbonyl (C=O) groups is 1. The van der Waals surface area contributed by atoms with Crippen LogP contribution in [0.2, 0.25) is 0 Å². The topological polar surface area (TPSA) is 62.7 Å². The second-order valence-electron chi connectivity index (χ2n) is 5.95. The number of carbonyl (C=O) groups excluding carboxylic acids is 1. The maximum absolute atomic E-state index is 13.1. The Morgan fingerprint density at radius 2 is 2.04 bits per heavy atom. The summed E-state index contributed by atoms with van der Waals surface area (Å²) in [5, 5.41) is 10.0. The van der Waals surface area contributed by atoms with Crippen LogP contribution in [0.3, 0.4) is 0 Å². The number of halogens is 1. The van der Waals surface area contributed by atoms with Gasteiger partial charge in [-0.05, 0) is 37.1 Å². The van der Waals surface area contributed by atoms with E-state index in [0.717, 1.165) is 5.56 Å². The van der Waals surface area contributed by atoms with E-state index in [1.54, 1.807) is 36.1 Å². The molecular formula is C18H19FN2O3. The van der Waals surface area contributed by atoms with Crippen LogP contribution < -0.4 is 4.74 Å². The molecule has 1 aromatic heterocycles. The monoisotopic (exact) mass is 330 g/mol. The molecule has 0 bridgehead atoms. The number of aryl methyl sites for hydroxylation is 1. The van der Waals surface area contributed by atoms with E-state index in [4.69, 9.17) is 4.74 Å². The van der Waals surface area contributed by atoms with Crippen molar-refractivity contribution in [3.8, 4) is 5.88 Å². The van der Waals surface area contributed by atoms with Crippen molar-refractivity contribution in [2.75, 3.05) is 13.7 Å². The first-order valence-corrected chi connectivity index (χ1v) is 7.75. The fourth-order valence-corrected chi connectivity index (χ4v) is 3.07. The molecule has 0 aliphatic carbocycles. The van der Waals surface area contributed by atoms with Crippen LogP contribution in [0.5, 0.6) is 5.88 Å². The number of likely N-dealkylation sites (tertiary alicyclic amines) is 1. The van der Waals surface area contributed by atoms with Crippen LogP contribution in [-0.4, -0.2) is 40.7 Å². The highest BCUT2D eigenvalue weighted by Gasteiger charge is 2.36. The maximum Gasteiger partial charge on any atom is 0.254 e. The van der Waals surface area contributed by atoms with Crippen molar-refractivity contribution in [3.63, 3.8) is 0 Å². The Hall–Kier alpha value is -2.47. The van der Waals surface area contributed by atoms with Gasteiger partial charge in [-0.2, -0.15) is 0 Å². The lowest BCUT2D eigenvalue weighted by molar-refractivity contribution is 0.0715. The number of hydrogen-bond donors (Lipinski definition) is 1. The van der Waals surface area contributed by atoms with Crippen LogP contribution >= 0.6 is 0 Å². The van der Waals surface area contributed by atoms with E-state index in [0.29, 0.717) is 23.6 Å². The Labute approximate surface area is 139 Å². The predicted octanol–water partition coefficient (Wildman–Crippen LogP) is 2.49. The number of pyridine rings is 1. The molecule has 1 N–H and O–H groups in total. The highest BCUT2D eigenvalue weighted by molar-refractivity contribution is 5.95. The van der Waals surface area contributed by atoms with Crippen LogP contribution in [-0.2, 0) is 0 Å². The molecule has 24 heavy (non-hydrogen) atoms. The minimum atomic E-state index is -0.603. The lowest BCUT2D eigenvalue weighted by Gasteiger charge is -2.25. The van der Waals surface area contributed by atoms with E-state index >= 15 is 0 Å². The van der Waals surface area contributed by atoms with Gasteiger partial charge in [0.25, 0.3) is 5.91 Å². The molecule has 2 unspecified atom stereocenters. The molecule has 126 valence electrons. The fraction of sp³-hybridized carbons (Fsp3) is 0.333. The summed E-state index contributed by atoms with van der Waals surface area (Å²) < 4.78 is 18.3. The second kappa shape index (κ2) is 6.57. The molecule has 3 rings (SSSR count). The third kappa shape index (κ3) is 3.23. The number of hydrogen-bond acceptors (Lipinski definition) is 4. The van der Waals surface area contributed by atoms with E-state index in [1.807, 2.05) is 0 Å². The van der Waals surface area contributed by atoms with Crippen LogP contribution in [0.25, 0.3) is 0 Å². The standard InChI is InChI=1S/C18H19FN2O3/c1-11-7-13(8-17(20-11)24-2)18(23)21-10-15(22)9-16(21)12-3-5-14(19)6-4-12/h3-8,15-16,22H,9-10H2,1-2H3. The van der Waals surface area contributed by atoms with Crippen molar-refractivity contribution in [3.05, 3.63) is 59.0 Å². The number of amides is 1. The number of aliphatic hydroxyl groups excluding tert-OH is 1. The average Bonchev–Trinajstić information content (AvgIpc) is 2.96. The lowest BCUT2D eigenvalue weighted by atomic mass is 10.0. The number of rotatable bonds is 3. The minimum absolute atomic E-state index is 0.204. The number of nitrogens with zero attached hydrogens (tertiary/aromatic N) is 2. The Morgan fingerprint density at radius 1 is 1.33 bits per heavy atom. The zero-order valence-corrected chi connectivity index (χ0v) is 13.6. The molecule has 1 aromatic carbocycles. The first-order chi connectivity index (χ1) is 11.5.